The summed E-state index contributed by atoms with van der Waals surface area (Å²) in [4.78, 5) is 0. The largest absolute Gasteiger partial charge is 0.457 e. The SMILES string of the molecule is Cc1c(-c2ccc(Oc3ccc(F)cc3)cc2)oc2cc3c(cc12)[C@H](C)O[C@H](CS(C)(=O)=O)CN3S(C)(=O)=O. The van der Waals surface area contributed by atoms with E-state index in [9.17, 15) is 21.2 Å². The summed E-state index contributed by atoms with van der Waals surface area (Å²) in [5.74, 6) is 1.07. The Morgan fingerprint density at radius 3 is 2.18 bits per heavy atom. The Kier molecular flexibility index (Phi) is 6.94. The zero-order valence-electron chi connectivity index (χ0n) is 21.8. The van der Waals surface area contributed by atoms with Crippen LogP contribution in [0.25, 0.3) is 22.3 Å². The number of aryl methyl sites for hydroxylation is 1. The van der Waals surface area contributed by atoms with Crippen molar-refractivity contribution in [1.29, 1.82) is 0 Å². The van der Waals surface area contributed by atoms with Crippen LogP contribution in [-0.2, 0) is 24.6 Å². The topological polar surface area (TPSA) is 103 Å². The van der Waals surface area contributed by atoms with E-state index in [0.29, 0.717) is 34.1 Å². The molecule has 206 valence electrons. The van der Waals surface area contributed by atoms with Crippen LogP contribution >= 0.6 is 0 Å². The van der Waals surface area contributed by atoms with E-state index in [1.807, 2.05) is 25.1 Å². The number of hydrogen-bond donors (Lipinski definition) is 0. The lowest BCUT2D eigenvalue weighted by Gasteiger charge is -2.24. The van der Waals surface area contributed by atoms with Crippen LogP contribution in [0.5, 0.6) is 11.5 Å². The average Bonchev–Trinajstić information content (AvgIpc) is 3.09. The summed E-state index contributed by atoms with van der Waals surface area (Å²) in [5.41, 5.74) is 3.17. The molecule has 0 radical (unpaired) electrons. The molecule has 5 rings (SSSR count). The number of sulfonamides is 1. The molecule has 0 saturated carbocycles. The van der Waals surface area contributed by atoms with E-state index in [4.69, 9.17) is 13.9 Å². The standard InChI is InChI=1S/C28H28FNO7S2/c1-17-24-13-25-18(2)35-23(16-38(3,31)32)15-30(39(4,33)34)26(25)14-27(24)37-28(17)19-5-9-21(10-6-19)36-22-11-7-20(29)8-12-22/h5-14,18,23H,15-16H2,1-4H3/t18-,23-/m0/s1. The smallest absolute Gasteiger partial charge is 0.232 e. The molecular formula is C28H28FNO7S2. The van der Waals surface area contributed by atoms with Gasteiger partial charge in [0.1, 0.15) is 38.5 Å². The minimum absolute atomic E-state index is 0.128. The second-order valence-electron chi connectivity index (χ2n) is 9.83. The lowest BCUT2D eigenvalue weighted by Crippen LogP contribution is -2.39. The van der Waals surface area contributed by atoms with Crippen LogP contribution in [0.2, 0.25) is 0 Å². The van der Waals surface area contributed by atoms with Crippen LogP contribution in [0, 0.1) is 12.7 Å². The highest BCUT2D eigenvalue weighted by Crippen LogP contribution is 2.42. The van der Waals surface area contributed by atoms with Gasteiger partial charge in [0, 0.05) is 34.4 Å². The number of ether oxygens (including phenoxy) is 2. The number of furan rings is 1. The maximum atomic E-state index is 13.2. The maximum absolute atomic E-state index is 13.2. The van der Waals surface area contributed by atoms with Crippen molar-refractivity contribution in [3.05, 3.63) is 77.6 Å². The highest BCUT2D eigenvalue weighted by molar-refractivity contribution is 7.92. The van der Waals surface area contributed by atoms with E-state index in [-0.39, 0.29) is 18.1 Å². The summed E-state index contributed by atoms with van der Waals surface area (Å²) in [6, 6.07) is 16.5. The fourth-order valence-electron chi connectivity index (χ4n) is 4.83. The Morgan fingerprint density at radius 2 is 1.59 bits per heavy atom. The molecule has 3 aromatic carbocycles. The van der Waals surface area contributed by atoms with Gasteiger partial charge in [0.15, 0.2) is 0 Å². The molecule has 1 aliphatic rings. The van der Waals surface area contributed by atoms with E-state index in [1.54, 1.807) is 37.3 Å². The molecule has 0 fully saturated rings. The van der Waals surface area contributed by atoms with Gasteiger partial charge in [0.05, 0.1) is 36.4 Å². The first-order valence-electron chi connectivity index (χ1n) is 12.2. The van der Waals surface area contributed by atoms with Gasteiger partial charge in [0.2, 0.25) is 10.0 Å². The molecule has 0 bridgehead atoms. The minimum Gasteiger partial charge on any atom is -0.457 e. The van der Waals surface area contributed by atoms with E-state index in [0.717, 1.165) is 29.0 Å². The molecule has 39 heavy (non-hydrogen) atoms. The zero-order chi connectivity index (χ0) is 28.1. The highest BCUT2D eigenvalue weighted by Gasteiger charge is 2.34. The maximum Gasteiger partial charge on any atom is 0.232 e. The fraction of sp³-hybridized carbons (Fsp3) is 0.286. The van der Waals surface area contributed by atoms with Crippen molar-refractivity contribution in [2.45, 2.75) is 26.1 Å². The number of benzene rings is 3. The molecule has 1 aliphatic heterocycles. The predicted octanol–water partition coefficient (Wildman–Crippen LogP) is 5.61. The molecule has 0 saturated heterocycles. The highest BCUT2D eigenvalue weighted by atomic mass is 32.2. The summed E-state index contributed by atoms with van der Waals surface area (Å²) in [5, 5.41) is 0.792. The first-order valence-corrected chi connectivity index (χ1v) is 16.1. The molecule has 0 amide bonds. The normalized spacial score (nSPS) is 18.1. The Morgan fingerprint density at radius 1 is 0.974 bits per heavy atom. The molecule has 0 aliphatic carbocycles. The summed E-state index contributed by atoms with van der Waals surface area (Å²) in [6.07, 6.45) is 0.811. The van der Waals surface area contributed by atoms with Crippen molar-refractivity contribution in [3.8, 4) is 22.8 Å². The van der Waals surface area contributed by atoms with Gasteiger partial charge in [0.25, 0.3) is 0 Å². The summed E-state index contributed by atoms with van der Waals surface area (Å²) in [7, 11) is -7.15. The van der Waals surface area contributed by atoms with Crippen molar-refractivity contribution in [1.82, 2.24) is 0 Å². The number of rotatable bonds is 6. The van der Waals surface area contributed by atoms with Gasteiger partial charge >= 0.3 is 0 Å². The van der Waals surface area contributed by atoms with Crippen molar-refractivity contribution in [3.63, 3.8) is 0 Å². The molecule has 2 atom stereocenters. The van der Waals surface area contributed by atoms with Gasteiger partial charge in [-0.3, -0.25) is 4.31 Å². The van der Waals surface area contributed by atoms with Crippen LogP contribution in [0.3, 0.4) is 0 Å². The van der Waals surface area contributed by atoms with Gasteiger partial charge < -0.3 is 13.9 Å². The quantitative estimate of drug-likeness (QED) is 0.295. The first-order chi connectivity index (χ1) is 18.3. The van der Waals surface area contributed by atoms with Crippen molar-refractivity contribution in [2.75, 3.05) is 29.1 Å². The Labute approximate surface area is 226 Å². The summed E-state index contributed by atoms with van der Waals surface area (Å²) in [6.45, 7) is 3.57. The molecule has 4 aromatic rings. The number of sulfone groups is 1. The minimum atomic E-state index is -3.75. The number of fused-ring (bicyclic) bond motifs is 2. The third-order valence-corrected chi connectivity index (χ3v) is 8.74. The number of anilines is 1. The van der Waals surface area contributed by atoms with Crippen LogP contribution in [-0.4, -0.2) is 47.7 Å². The van der Waals surface area contributed by atoms with Gasteiger partial charge in [-0.15, -0.1) is 0 Å². The van der Waals surface area contributed by atoms with Crippen LogP contribution in [0.1, 0.15) is 24.2 Å². The monoisotopic (exact) mass is 573 g/mol. The fourth-order valence-corrected chi connectivity index (χ4v) is 6.65. The molecule has 0 spiro atoms. The summed E-state index contributed by atoms with van der Waals surface area (Å²) < 4.78 is 81.9. The van der Waals surface area contributed by atoms with Crippen LogP contribution in [0.15, 0.2) is 65.1 Å². The first kappa shape index (κ1) is 27.2. The molecular weight excluding hydrogens is 545 g/mol. The molecule has 1 aromatic heterocycles. The zero-order valence-corrected chi connectivity index (χ0v) is 23.5. The van der Waals surface area contributed by atoms with E-state index < -0.39 is 32.1 Å². The number of halogens is 1. The van der Waals surface area contributed by atoms with Gasteiger partial charge in [-0.25, -0.2) is 21.2 Å². The third-order valence-electron chi connectivity index (χ3n) is 6.61. The molecule has 2 heterocycles. The van der Waals surface area contributed by atoms with Crippen LogP contribution in [0.4, 0.5) is 10.1 Å². The Hall–Kier alpha value is -3.41. The van der Waals surface area contributed by atoms with Crippen molar-refractivity contribution in [2.24, 2.45) is 0 Å². The number of hydrogen-bond acceptors (Lipinski definition) is 7. The molecule has 0 N–H and O–H groups in total. The summed E-state index contributed by atoms with van der Waals surface area (Å²) >= 11 is 0. The second-order valence-corrected chi connectivity index (χ2v) is 13.9. The Bertz CT molecular complexity index is 1750. The van der Waals surface area contributed by atoms with Crippen molar-refractivity contribution >= 4 is 36.5 Å². The Balaban J connectivity index is 1.52. The molecule has 11 heteroatoms. The third kappa shape index (κ3) is 5.80. The van der Waals surface area contributed by atoms with E-state index in [1.165, 1.54) is 16.4 Å². The molecule has 8 nitrogen and oxygen atoms in total. The second kappa shape index (κ2) is 9.96. The van der Waals surface area contributed by atoms with Gasteiger partial charge in [-0.2, -0.15) is 0 Å². The van der Waals surface area contributed by atoms with E-state index in [2.05, 4.69) is 0 Å². The van der Waals surface area contributed by atoms with Crippen LogP contribution < -0.4 is 9.04 Å². The number of nitrogens with zero attached hydrogens (tertiary/aromatic N) is 1. The molecule has 0 unspecified atom stereocenters. The van der Waals surface area contributed by atoms with Gasteiger partial charge in [-0.05, 0) is 68.4 Å². The predicted molar refractivity (Wildman–Crippen MR) is 148 cm³/mol. The van der Waals surface area contributed by atoms with Crippen molar-refractivity contribution < 1.29 is 35.1 Å². The lowest BCUT2D eigenvalue weighted by atomic mass is 10.0. The van der Waals surface area contributed by atoms with Gasteiger partial charge in [-0.1, -0.05) is 0 Å². The lowest BCUT2D eigenvalue weighted by molar-refractivity contribution is 0.0193. The average molecular weight is 574 g/mol. The van der Waals surface area contributed by atoms with E-state index >= 15 is 0 Å².